The molecule has 2 aromatic heterocycles. The maximum atomic E-state index is 13.4. The molecular formula is C20H21N3O4. The van der Waals surface area contributed by atoms with Gasteiger partial charge >= 0.3 is 0 Å². The molecule has 1 atom stereocenters. The fourth-order valence-corrected chi connectivity index (χ4v) is 3.10. The van der Waals surface area contributed by atoms with Gasteiger partial charge < -0.3 is 20.6 Å². The van der Waals surface area contributed by atoms with E-state index in [-0.39, 0.29) is 16.5 Å². The number of pyridine rings is 1. The molecule has 27 heavy (non-hydrogen) atoms. The molecule has 0 amide bonds. The van der Waals surface area contributed by atoms with Crippen molar-refractivity contribution in [2.45, 2.75) is 19.9 Å². The lowest BCUT2D eigenvalue weighted by Gasteiger charge is -2.22. The smallest absolute Gasteiger partial charge is 0.300 e. The van der Waals surface area contributed by atoms with Crippen LogP contribution in [-0.2, 0) is 0 Å². The number of nitrogens with zero attached hydrogens (tertiary/aromatic N) is 2. The summed E-state index contributed by atoms with van der Waals surface area (Å²) in [6, 6.07) is 11.5. The van der Waals surface area contributed by atoms with Crippen LogP contribution in [0.5, 0.6) is 0 Å². The standard InChI is InChI=1S/C20H21N3O4/c1-12(2)17(22-16-9-5-6-10-21-16)19(25)23-15-8-4-3-7-13(15)14(11-24)18(23)20(26)27/h3-12,17,24,26-27H,1-2H3,(H,21,22). The Balaban J connectivity index is 2.23. The zero-order valence-corrected chi connectivity index (χ0v) is 15.0. The number of aromatic nitrogens is 2. The summed E-state index contributed by atoms with van der Waals surface area (Å²) in [6.45, 7) is 3.76. The van der Waals surface area contributed by atoms with Crippen LogP contribution >= 0.6 is 0 Å². The third-order valence-electron chi connectivity index (χ3n) is 4.38. The molecule has 1 aromatic carbocycles. The molecule has 0 bridgehead atoms. The van der Waals surface area contributed by atoms with Gasteiger partial charge in [0.2, 0.25) is 0 Å². The molecule has 0 fully saturated rings. The summed E-state index contributed by atoms with van der Waals surface area (Å²) in [5.41, 5.74) is 0.465. The Bertz CT molecular complexity index is 1080. The van der Waals surface area contributed by atoms with E-state index in [4.69, 9.17) is 0 Å². The van der Waals surface area contributed by atoms with Crippen LogP contribution in [0.25, 0.3) is 23.1 Å². The number of fused-ring (bicyclic) bond motifs is 1. The summed E-state index contributed by atoms with van der Waals surface area (Å²) in [6.07, 6.45) is 2.39. The lowest BCUT2D eigenvalue weighted by molar-refractivity contribution is 0.0867. The lowest BCUT2D eigenvalue weighted by atomic mass is 10.0. The number of hydrogen-bond donors (Lipinski definition) is 4. The van der Waals surface area contributed by atoms with Gasteiger partial charge in [0.1, 0.15) is 17.2 Å². The Morgan fingerprint density at radius 1 is 1.15 bits per heavy atom. The molecule has 7 nitrogen and oxygen atoms in total. The first-order valence-electron chi connectivity index (χ1n) is 8.53. The fraction of sp³-hybridized carbons (Fsp3) is 0.200. The minimum Gasteiger partial charge on any atom is -0.515 e. The van der Waals surface area contributed by atoms with Gasteiger partial charge in [0, 0.05) is 16.8 Å². The SMILES string of the molecule is CC(C)C(Nc1ccccn1)C(=O)n1c(=C(O)O)c(=CO)c2ccccc21. The summed E-state index contributed by atoms with van der Waals surface area (Å²) in [7, 11) is 0. The van der Waals surface area contributed by atoms with Crippen molar-refractivity contribution in [2.24, 2.45) is 5.92 Å². The van der Waals surface area contributed by atoms with Gasteiger partial charge in [0.15, 0.2) is 0 Å². The Labute approximate surface area is 155 Å². The Kier molecular flexibility index (Phi) is 5.03. The van der Waals surface area contributed by atoms with Crippen molar-refractivity contribution in [1.29, 1.82) is 0 Å². The minimum absolute atomic E-state index is 0.115. The average Bonchev–Trinajstić information content (AvgIpc) is 3.01. The topological polar surface area (TPSA) is 108 Å². The van der Waals surface area contributed by atoms with E-state index in [1.54, 1.807) is 48.7 Å². The number of carbonyl (C=O) groups is 1. The van der Waals surface area contributed by atoms with Crippen molar-refractivity contribution >= 4 is 34.8 Å². The van der Waals surface area contributed by atoms with E-state index in [1.165, 1.54) is 4.57 Å². The van der Waals surface area contributed by atoms with Crippen molar-refractivity contribution in [1.82, 2.24) is 9.55 Å². The van der Waals surface area contributed by atoms with E-state index in [2.05, 4.69) is 10.3 Å². The van der Waals surface area contributed by atoms with Crippen LogP contribution in [0, 0.1) is 5.92 Å². The number of aliphatic hydroxyl groups is 3. The highest BCUT2D eigenvalue weighted by Gasteiger charge is 2.27. The monoisotopic (exact) mass is 367 g/mol. The minimum atomic E-state index is -1.04. The molecule has 0 radical (unpaired) electrons. The number of nitrogens with one attached hydrogen (secondary N) is 1. The molecule has 1 unspecified atom stereocenters. The van der Waals surface area contributed by atoms with Gasteiger partial charge in [0.25, 0.3) is 11.9 Å². The number of anilines is 1. The van der Waals surface area contributed by atoms with Crippen LogP contribution < -0.4 is 15.9 Å². The molecule has 0 aliphatic rings. The number of hydrogen-bond acceptors (Lipinski definition) is 6. The molecule has 3 rings (SSSR count). The maximum absolute atomic E-state index is 13.4. The van der Waals surface area contributed by atoms with Crippen LogP contribution in [0.3, 0.4) is 0 Å². The van der Waals surface area contributed by atoms with Crippen LogP contribution in [0.2, 0.25) is 0 Å². The lowest BCUT2D eigenvalue weighted by Crippen LogP contribution is -2.44. The summed E-state index contributed by atoms with van der Waals surface area (Å²) >= 11 is 0. The third-order valence-corrected chi connectivity index (χ3v) is 4.38. The van der Waals surface area contributed by atoms with Gasteiger partial charge in [-0.1, -0.05) is 38.1 Å². The molecule has 140 valence electrons. The highest BCUT2D eigenvalue weighted by molar-refractivity contribution is 5.97. The van der Waals surface area contributed by atoms with E-state index in [0.717, 1.165) is 6.26 Å². The third kappa shape index (κ3) is 3.31. The largest absolute Gasteiger partial charge is 0.515 e. The molecular weight excluding hydrogens is 346 g/mol. The van der Waals surface area contributed by atoms with E-state index in [9.17, 15) is 20.1 Å². The molecule has 7 heteroatoms. The van der Waals surface area contributed by atoms with Gasteiger partial charge in [-0.25, -0.2) is 4.98 Å². The zero-order chi connectivity index (χ0) is 19.6. The first-order valence-corrected chi connectivity index (χ1v) is 8.53. The summed E-state index contributed by atoms with van der Waals surface area (Å²) < 4.78 is 1.22. The van der Waals surface area contributed by atoms with Crippen molar-refractivity contribution in [2.75, 3.05) is 5.32 Å². The van der Waals surface area contributed by atoms with Crippen molar-refractivity contribution in [3.05, 3.63) is 59.2 Å². The number of rotatable bonds is 4. The highest BCUT2D eigenvalue weighted by Crippen LogP contribution is 2.15. The average molecular weight is 367 g/mol. The first kappa shape index (κ1) is 18.3. The van der Waals surface area contributed by atoms with Crippen molar-refractivity contribution in [3.8, 4) is 0 Å². The number of carbonyl (C=O) groups excluding carboxylic acids is 1. The normalized spacial score (nSPS) is 13.1. The van der Waals surface area contributed by atoms with Gasteiger partial charge in [-0.05, 0) is 24.1 Å². The predicted molar refractivity (Wildman–Crippen MR) is 104 cm³/mol. The first-order chi connectivity index (χ1) is 13.0. The van der Waals surface area contributed by atoms with Crippen molar-refractivity contribution < 1.29 is 20.1 Å². The quantitative estimate of drug-likeness (QED) is 0.564. The maximum Gasteiger partial charge on any atom is 0.300 e. The van der Waals surface area contributed by atoms with Gasteiger partial charge in [-0.15, -0.1) is 0 Å². The Hall–Kier alpha value is -3.48. The second kappa shape index (κ2) is 7.41. The van der Waals surface area contributed by atoms with E-state index < -0.39 is 17.9 Å². The van der Waals surface area contributed by atoms with E-state index in [1.807, 2.05) is 13.8 Å². The number of benzene rings is 1. The second-order valence-corrected chi connectivity index (χ2v) is 6.49. The molecule has 0 aliphatic heterocycles. The van der Waals surface area contributed by atoms with Crippen molar-refractivity contribution in [3.63, 3.8) is 0 Å². The molecule has 2 heterocycles. The summed E-state index contributed by atoms with van der Waals surface area (Å²) in [5.74, 6) is -1.01. The predicted octanol–water partition coefficient (Wildman–Crippen LogP) is 2.29. The molecule has 4 N–H and O–H groups in total. The number of aliphatic hydroxyl groups excluding tert-OH is 2. The fourth-order valence-electron chi connectivity index (χ4n) is 3.10. The Morgan fingerprint density at radius 2 is 1.85 bits per heavy atom. The van der Waals surface area contributed by atoms with E-state index in [0.29, 0.717) is 16.7 Å². The van der Waals surface area contributed by atoms with Crippen LogP contribution in [0.1, 0.15) is 18.6 Å². The molecule has 0 aliphatic carbocycles. The summed E-state index contributed by atoms with van der Waals surface area (Å²) in [5, 5.41) is 32.9. The van der Waals surface area contributed by atoms with Gasteiger partial charge in [0.05, 0.1) is 11.8 Å². The number of para-hydroxylation sites is 1. The van der Waals surface area contributed by atoms with Gasteiger partial charge in [-0.3, -0.25) is 9.36 Å². The second-order valence-electron chi connectivity index (χ2n) is 6.49. The van der Waals surface area contributed by atoms with Crippen LogP contribution in [0.4, 0.5) is 5.82 Å². The molecule has 0 spiro atoms. The van der Waals surface area contributed by atoms with Crippen LogP contribution in [-0.4, -0.2) is 36.8 Å². The van der Waals surface area contributed by atoms with Gasteiger partial charge in [-0.2, -0.15) is 0 Å². The Morgan fingerprint density at radius 3 is 2.44 bits per heavy atom. The molecule has 0 saturated carbocycles. The zero-order valence-electron chi connectivity index (χ0n) is 15.0. The molecule has 0 saturated heterocycles. The summed E-state index contributed by atoms with van der Waals surface area (Å²) in [4.78, 5) is 17.6. The van der Waals surface area contributed by atoms with E-state index >= 15 is 0 Å². The highest BCUT2D eigenvalue weighted by atomic mass is 16.5. The molecule has 3 aromatic rings. The van der Waals surface area contributed by atoms with Crippen LogP contribution in [0.15, 0.2) is 48.7 Å².